The fourth-order valence-corrected chi connectivity index (χ4v) is 1.55. The lowest BCUT2D eigenvalue weighted by Gasteiger charge is -2.18. The number of methoxy groups -OCH3 is 1. The molecule has 5 nitrogen and oxygen atoms in total. The highest BCUT2D eigenvalue weighted by atomic mass is 16.5. The molecule has 0 aliphatic carbocycles. The van der Waals surface area contributed by atoms with Crippen molar-refractivity contribution in [2.24, 2.45) is 0 Å². The summed E-state index contributed by atoms with van der Waals surface area (Å²) in [5.74, 6) is -1.18. The van der Waals surface area contributed by atoms with E-state index in [1.807, 2.05) is 0 Å². The normalized spacial score (nSPS) is 27.7. The Morgan fingerprint density at radius 3 is 2.46 bits per heavy atom. The summed E-state index contributed by atoms with van der Waals surface area (Å²) in [6.45, 7) is 1.75. The molecule has 1 fully saturated rings. The van der Waals surface area contributed by atoms with E-state index in [4.69, 9.17) is 9.84 Å². The number of likely N-dealkylation sites (tertiary alicyclic amines) is 1. The smallest absolute Gasteiger partial charge is 0.326 e. The summed E-state index contributed by atoms with van der Waals surface area (Å²) in [6.07, 6.45) is 0.232. The van der Waals surface area contributed by atoms with Crippen molar-refractivity contribution in [2.45, 2.75) is 25.5 Å². The van der Waals surface area contributed by atoms with Gasteiger partial charge in [-0.2, -0.15) is 0 Å². The van der Waals surface area contributed by atoms with Crippen LogP contribution in [0.4, 0.5) is 0 Å². The van der Waals surface area contributed by atoms with Gasteiger partial charge in [0.25, 0.3) is 0 Å². The summed E-state index contributed by atoms with van der Waals surface area (Å²) in [5, 5.41) is 8.80. The summed E-state index contributed by atoms with van der Waals surface area (Å²) < 4.78 is 5.01. The number of aliphatic carboxylic acids is 1. The third-order valence-corrected chi connectivity index (χ3v) is 2.29. The van der Waals surface area contributed by atoms with Crippen LogP contribution in [0.25, 0.3) is 0 Å². The second-order valence-corrected chi connectivity index (χ2v) is 3.12. The lowest BCUT2D eigenvalue weighted by atomic mass is 10.2. The van der Waals surface area contributed by atoms with E-state index in [9.17, 15) is 9.59 Å². The van der Waals surface area contributed by atoms with Crippen molar-refractivity contribution in [1.82, 2.24) is 4.90 Å². The van der Waals surface area contributed by atoms with Gasteiger partial charge in [-0.15, -0.1) is 0 Å². The monoisotopic (exact) mass is 187 g/mol. The Kier molecular flexibility index (Phi) is 2.87. The van der Waals surface area contributed by atoms with Gasteiger partial charge in [0.05, 0.1) is 6.10 Å². The first kappa shape index (κ1) is 9.98. The number of hydrogen-bond donors (Lipinski definition) is 1. The van der Waals surface area contributed by atoms with E-state index >= 15 is 0 Å². The van der Waals surface area contributed by atoms with Gasteiger partial charge >= 0.3 is 5.97 Å². The molecule has 0 aromatic heterocycles. The van der Waals surface area contributed by atoms with Crippen molar-refractivity contribution in [1.29, 1.82) is 0 Å². The molecular formula is C8H13NO4. The van der Waals surface area contributed by atoms with Crippen LogP contribution in [-0.2, 0) is 14.3 Å². The number of carbonyl (C=O) groups is 2. The lowest BCUT2D eigenvalue weighted by molar-refractivity contribution is -0.147. The van der Waals surface area contributed by atoms with Crippen LogP contribution in [0.2, 0.25) is 0 Å². The molecule has 1 N–H and O–H groups in total. The lowest BCUT2D eigenvalue weighted by Crippen LogP contribution is -2.39. The number of ether oxygens (including phenoxy) is 1. The van der Waals surface area contributed by atoms with Crippen molar-refractivity contribution in [2.75, 3.05) is 13.7 Å². The highest BCUT2D eigenvalue weighted by molar-refractivity contribution is 5.83. The number of carbonyl (C=O) groups excluding carboxylic acids is 1. The number of carboxylic acid groups (broad SMARTS) is 1. The van der Waals surface area contributed by atoms with Gasteiger partial charge in [-0.25, -0.2) is 4.79 Å². The van der Waals surface area contributed by atoms with E-state index < -0.39 is 12.0 Å². The molecule has 2 atom stereocenters. The maximum atomic E-state index is 11.0. The predicted octanol–water partition coefficient (Wildman–Crippen LogP) is -0.293. The highest BCUT2D eigenvalue weighted by Crippen LogP contribution is 2.19. The van der Waals surface area contributed by atoms with Crippen LogP contribution >= 0.6 is 0 Å². The van der Waals surface area contributed by atoms with Crippen LogP contribution in [0.15, 0.2) is 0 Å². The third-order valence-electron chi connectivity index (χ3n) is 2.29. The fraction of sp³-hybridized carbons (Fsp3) is 0.750. The number of rotatable bonds is 2. The van der Waals surface area contributed by atoms with Crippen molar-refractivity contribution < 1.29 is 19.4 Å². The molecule has 5 heteroatoms. The average Bonchev–Trinajstić information content (AvgIpc) is 2.47. The molecule has 0 radical (unpaired) electrons. The summed E-state index contributed by atoms with van der Waals surface area (Å²) in [5.41, 5.74) is 0. The van der Waals surface area contributed by atoms with Crippen molar-refractivity contribution in [3.8, 4) is 0 Å². The number of hydrogen-bond acceptors (Lipinski definition) is 3. The minimum atomic E-state index is -0.963. The molecule has 0 aromatic rings. The molecule has 1 heterocycles. The summed E-state index contributed by atoms with van der Waals surface area (Å²) >= 11 is 0. The summed E-state index contributed by atoms with van der Waals surface area (Å²) in [4.78, 5) is 23.1. The van der Waals surface area contributed by atoms with Crippen molar-refractivity contribution in [3.63, 3.8) is 0 Å². The van der Waals surface area contributed by atoms with Gasteiger partial charge in [-0.05, 0) is 0 Å². The van der Waals surface area contributed by atoms with Crippen LogP contribution in [0.1, 0.15) is 13.3 Å². The molecular weight excluding hydrogens is 174 g/mol. The molecule has 0 unspecified atom stereocenters. The highest BCUT2D eigenvalue weighted by Gasteiger charge is 2.38. The fourth-order valence-electron chi connectivity index (χ4n) is 1.55. The molecule has 13 heavy (non-hydrogen) atoms. The zero-order chi connectivity index (χ0) is 10.0. The van der Waals surface area contributed by atoms with Crippen LogP contribution in [0, 0.1) is 0 Å². The van der Waals surface area contributed by atoms with Crippen LogP contribution < -0.4 is 0 Å². The van der Waals surface area contributed by atoms with Gasteiger partial charge in [-0.1, -0.05) is 0 Å². The molecule has 1 saturated heterocycles. The molecule has 0 saturated carbocycles. The summed E-state index contributed by atoms with van der Waals surface area (Å²) in [7, 11) is 1.52. The van der Waals surface area contributed by atoms with Crippen LogP contribution in [-0.4, -0.2) is 47.7 Å². The maximum Gasteiger partial charge on any atom is 0.326 e. The Morgan fingerprint density at radius 2 is 2.15 bits per heavy atom. The van der Waals surface area contributed by atoms with Gasteiger partial charge in [0, 0.05) is 27.0 Å². The summed E-state index contributed by atoms with van der Waals surface area (Å²) in [6, 6.07) is -0.720. The molecule has 0 bridgehead atoms. The van der Waals surface area contributed by atoms with Gasteiger partial charge in [0.2, 0.25) is 5.91 Å². The van der Waals surface area contributed by atoms with E-state index in [-0.39, 0.29) is 12.0 Å². The topological polar surface area (TPSA) is 66.8 Å². The molecule has 74 valence electrons. The number of nitrogens with zero attached hydrogens (tertiary/aromatic N) is 1. The molecule has 1 aliphatic heterocycles. The van der Waals surface area contributed by atoms with Crippen molar-refractivity contribution >= 4 is 11.9 Å². The SMILES string of the molecule is CO[C@H]1C[C@H](C(=O)O)N(C(C)=O)C1. The largest absolute Gasteiger partial charge is 0.480 e. The van der Waals surface area contributed by atoms with E-state index in [1.165, 1.54) is 18.9 Å². The van der Waals surface area contributed by atoms with Crippen LogP contribution in [0.3, 0.4) is 0 Å². The zero-order valence-electron chi connectivity index (χ0n) is 7.69. The first-order chi connectivity index (χ1) is 6.06. The molecule has 1 rings (SSSR count). The Balaban J connectivity index is 2.71. The van der Waals surface area contributed by atoms with E-state index in [0.717, 1.165) is 0 Å². The van der Waals surface area contributed by atoms with Gasteiger partial charge in [0.1, 0.15) is 6.04 Å². The molecule has 0 aromatic carbocycles. The minimum Gasteiger partial charge on any atom is -0.480 e. The Labute approximate surface area is 76.3 Å². The van der Waals surface area contributed by atoms with Gasteiger partial charge in [-0.3, -0.25) is 4.79 Å². The van der Waals surface area contributed by atoms with Crippen LogP contribution in [0.5, 0.6) is 0 Å². The predicted molar refractivity (Wildman–Crippen MR) is 44.2 cm³/mol. The van der Waals surface area contributed by atoms with E-state index in [1.54, 1.807) is 0 Å². The minimum absolute atomic E-state index is 0.148. The first-order valence-corrected chi connectivity index (χ1v) is 4.09. The number of amides is 1. The standard InChI is InChI=1S/C8H13NO4/c1-5(10)9-4-6(13-2)3-7(9)8(11)12/h6-7H,3-4H2,1-2H3,(H,11,12)/t6-,7+/m0/s1. The molecule has 1 amide bonds. The number of carboxylic acids is 1. The Bertz CT molecular complexity index is 206. The van der Waals surface area contributed by atoms with E-state index in [0.29, 0.717) is 13.0 Å². The van der Waals surface area contributed by atoms with Gasteiger partial charge in [0.15, 0.2) is 0 Å². The Morgan fingerprint density at radius 1 is 1.54 bits per heavy atom. The molecule has 1 aliphatic rings. The van der Waals surface area contributed by atoms with Gasteiger partial charge < -0.3 is 14.7 Å². The quantitative estimate of drug-likeness (QED) is 0.645. The zero-order valence-corrected chi connectivity index (χ0v) is 7.69. The second-order valence-electron chi connectivity index (χ2n) is 3.12. The Hall–Kier alpha value is -1.10. The average molecular weight is 187 g/mol. The van der Waals surface area contributed by atoms with E-state index in [2.05, 4.69) is 0 Å². The molecule has 0 spiro atoms. The third kappa shape index (κ3) is 1.98. The first-order valence-electron chi connectivity index (χ1n) is 4.09. The second kappa shape index (κ2) is 3.74. The van der Waals surface area contributed by atoms with Crippen molar-refractivity contribution in [3.05, 3.63) is 0 Å². The maximum absolute atomic E-state index is 11.0.